The first-order chi connectivity index (χ1) is 14.8. The molecule has 0 atom stereocenters. The van der Waals surface area contributed by atoms with E-state index in [2.05, 4.69) is 36.6 Å². The lowest BCUT2D eigenvalue weighted by Crippen LogP contribution is -2.36. The van der Waals surface area contributed by atoms with Gasteiger partial charge in [-0.2, -0.15) is 0 Å². The molecule has 1 amide bonds. The van der Waals surface area contributed by atoms with E-state index >= 15 is 0 Å². The van der Waals surface area contributed by atoms with Crippen LogP contribution < -0.4 is 15.5 Å². The topological polar surface area (TPSA) is 95.2 Å². The molecule has 0 radical (unpaired) electrons. The third kappa shape index (κ3) is 3.82. The van der Waals surface area contributed by atoms with Gasteiger partial charge in [-0.15, -0.1) is 0 Å². The molecular weight excluding hydrogens is 380 g/mol. The van der Waals surface area contributed by atoms with E-state index in [9.17, 15) is 4.79 Å². The van der Waals surface area contributed by atoms with Crippen LogP contribution in [0.3, 0.4) is 0 Å². The Kier molecular flexibility index (Phi) is 5.23. The maximum atomic E-state index is 12.6. The summed E-state index contributed by atoms with van der Waals surface area (Å²) in [4.78, 5) is 26.7. The van der Waals surface area contributed by atoms with Crippen LogP contribution >= 0.6 is 0 Å². The van der Waals surface area contributed by atoms with Crippen molar-refractivity contribution in [2.45, 2.75) is 25.7 Å². The molecule has 5 rings (SSSR count). The highest BCUT2D eigenvalue weighted by molar-refractivity contribution is 5.95. The number of carbonyl (C=O) groups excluding carboxylic acids is 1. The number of ether oxygens (including phenoxy) is 1. The van der Waals surface area contributed by atoms with Crippen molar-refractivity contribution in [3.8, 4) is 0 Å². The molecule has 1 saturated heterocycles. The van der Waals surface area contributed by atoms with Crippen molar-refractivity contribution in [3.63, 3.8) is 0 Å². The van der Waals surface area contributed by atoms with Crippen molar-refractivity contribution >= 4 is 39.8 Å². The highest BCUT2D eigenvalue weighted by Gasteiger charge is 2.23. The van der Waals surface area contributed by atoms with Crippen molar-refractivity contribution < 1.29 is 9.53 Å². The van der Waals surface area contributed by atoms with Gasteiger partial charge in [0.05, 0.1) is 30.0 Å². The quantitative estimate of drug-likeness (QED) is 0.598. The van der Waals surface area contributed by atoms with Gasteiger partial charge in [0.25, 0.3) is 0 Å². The largest absolute Gasteiger partial charge is 0.378 e. The predicted molar refractivity (Wildman–Crippen MR) is 117 cm³/mol. The number of aromatic amines is 1. The Morgan fingerprint density at radius 1 is 1.13 bits per heavy atom. The van der Waals surface area contributed by atoms with E-state index in [4.69, 9.17) is 4.74 Å². The Bertz CT molecular complexity index is 1040. The monoisotopic (exact) mass is 406 g/mol. The van der Waals surface area contributed by atoms with Gasteiger partial charge in [0.15, 0.2) is 0 Å². The zero-order valence-electron chi connectivity index (χ0n) is 16.9. The zero-order chi connectivity index (χ0) is 20.3. The van der Waals surface area contributed by atoms with Gasteiger partial charge in [-0.05, 0) is 37.1 Å². The molecule has 3 N–H and O–H groups in total. The number of anilines is 4. The summed E-state index contributed by atoms with van der Waals surface area (Å²) < 4.78 is 5.52. The number of rotatable bonds is 5. The fourth-order valence-corrected chi connectivity index (χ4v) is 4.33. The summed E-state index contributed by atoms with van der Waals surface area (Å²) in [6.45, 7) is 3.06. The van der Waals surface area contributed by atoms with Gasteiger partial charge in [-0.3, -0.25) is 4.79 Å². The van der Waals surface area contributed by atoms with Crippen molar-refractivity contribution in [2.75, 3.05) is 41.8 Å². The Morgan fingerprint density at radius 2 is 1.97 bits per heavy atom. The molecule has 1 saturated carbocycles. The Hall–Kier alpha value is -3.13. The number of carbonyl (C=O) groups is 1. The second kappa shape index (κ2) is 8.31. The van der Waals surface area contributed by atoms with E-state index < -0.39 is 0 Å². The lowest BCUT2D eigenvalue weighted by Gasteiger charge is -2.31. The molecule has 1 aliphatic carbocycles. The number of nitrogens with one attached hydrogen (secondary N) is 3. The van der Waals surface area contributed by atoms with Crippen LogP contribution in [0.5, 0.6) is 0 Å². The zero-order valence-corrected chi connectivity index (χ0v) is 16.9. The molecule has 0 bridgehead atoms. The average molecular weight is 406 g/mol. The first-order valence-electron chi connectivity index (χ1n) is 10.6. The Labute approximate surface area is 175 Å². The summed E-state index contributed by atoms with van der Waals surface area (Å²) in [6.07, 6.45) is 7.64. The highest BCUT2D eigenvalue weighted by atomic mass is 16.5. The number of benzene rings is 1. The molecule has 2 fully saturated rings. The number of hydrogen-bond acceptors (Lipinski definition) is 6. The third-order valence-electron chi connectivity index (χ3n) is 5.95. The number of nitrogens with zero attached hydrogens (tertiary/aromatic N) is 3. The molecule has 30 heavy (non-hydrogen) atoms. The van der Waals surface area contributed by atoms with Crippen LogP contribution in [0.15, 0.2) is 36.8 Å². The fourth-order valence-electron chi connectivity index (χ4n) is 4.33. The number of amides is 1. The van der Waals surface area contributed by atoms with E-state index in [1.165, 1.54) is 0 Å². The number of fused-ring (bicyclic) bond motifs is 1. The SMILES string of the molecule is O=C(Nc1ccc(N2CCOCC2)c(Nc2ncnc3[nH]ccc23)c1)C1CCCC1. The van der Waals surface area contributed by atoms with Crippen LogP contribution in [0.4, 0.5) is 22.9 Å². The van der Waals surface area contributed by atoms with Gasteiger partial charge in [-0.1, -0.05) is 12.8 Å². The van der Waals surface area contributed by atoms with Gasteiger partial charge in [-0.25, -0.2) is 9.97 Å². The van der Waals surface area contributed by atoms with Gasteiger partial charge in [0, 0.05) is 30.9 Å². The minimum absolute atomic E-state index is 0.118. The van der Waals surface area contributed by atoms with E-state index in [0.717, 1.165) is 72.7 Å². The van der Waals surface area contributed by atoms with Gasteiger partial charge in [0.2, 0.25) is 5.91 Å². The minimum atomic E-state index is 0.118. The van der Waals surface area contributed by atoms with Crippen molar-refractivity contribution in [2.24, 2.45) is 5.92 Å². The normalized spacial score (nSPS) is 17.4. The van der Waals surface area contributed by atoms with Gasteiger partial charge < -0.3 is 25.3 Å². The molecule has 0 spiro atoms. The van der Waals surface area contributed by atoms with E-state index in [0.29, 0.717) is 13.2 Å². The summed E-state index contributed by atoms with van der Waals surface area (Å²) in [6, 6.07) is 8.00. The third-order valence-corrected chi connectivity index (χ3v) is 5.95. The lowest BCUT2D eigenvalue weighted by molar-refractivity contribution is -0.119. The van der Waals surface area contributed by atoms with Crippen molar-refractivity contribution in [3.05, 3.63) is 36.8 Å². The van der Waals surface area contributed by atoms with E-state index in [1.54, 1.807) is 6.33 Å². The van der Waals surface area contributed by atoms with Crippen LogP contribution in [0.25, 0.3) is 11.0 Å². The van der Waals surface area contributed by atoms with Crippen molar-refractivity contribution in [1.82, 2.24) is 15.0 Å². The molecule has 8 heteroatoms. The second-order valence-electron chi connectivity index (χ2n) is 7.89. The molecule has 2 aliphatic rings. The van der Waals surface area contributed by atoms with Crippen LogP contribution in [0.2, 0.25) is 0 Å². The smallest absolute Gasteiger partial charge is 0.227 e. The van der Waals surface area contributed by atoms with Crippen LogP contribution in [0, 0.1) is 5.92 Å². The molecule has 8 nitrogen and oxygen atoms in total. The summed E-state index contributed by atoms with van der Waals surface area (Å²) in [5.41, 5.74) is 3.55. The first-order valence-corrected chi connectivity index (χ1v) is 10.6. The summed E-state index contributed by atoms with van der Waals surface area (Å²) in [5, 5.41) is 7.51. The van der Waals surface area contributed by atoms with E-state index in [1.807, 2.05) is 24.4 Å². The lowest BCUT2D eigenvalue weighted by atomic mass is 10.1. The van der Waals surface area contributed by atoms with Gasteiger partial charge in [0.1, 0.15) is 17.8 Å². The summed E-state index contributed by atoms with van der Waals surface area (Å²) in [5.74, 6) is 0.976. The molecule has 1 aliphatic heterocycles. The number of H-pyrrole nitrogens is 1. The fraction of sp³-hybridized carbons (Fsp3) is 0.409. The summed E-state index contributed by atoms with van der Waals surface area (Å²) >= 11 is 0. The van der Waals surface area contributed by atoms with Gasteiger partial charge >= 0.3 is 0 Å². The maximum absolute atomic E-state index is 12.6. The number of morpholine rings is 1. The molecule has 156 valence electrons. The molecule has 2 aromatic heterocycles. The van der Waals surface area contributed by atoms with Crippen LogP contribution in [0.1, 0.15) is 25.7 Å². The highest BCUT2D eigenvalue weighted by Crippen LogP contribution is 2.34. The predicted octanol–water partition coefficient (Wildman–Crippen LogP) is 3.67. The standard InChI is InChI=1S/C22H26N6O2/c29-22(15-3-1-2-4-15)26-16-5-6-19(28-9-11-30-12-10-28)18(13-16)27-21-17-7-8-23-20(17)24-14-25-21/h5-8,13-15H,1-4,9-12H2,(H,26,29)(H2,23,24,25,27). The molecule has 3 aromatic rings. The molecule has 3 heterocycles. The number of hydrogen-bond donors (Lipinski definition) is 3. The first kappa shape index (κ1) is 18.9. The summed E-state index contributed by atoms with van der Waals surface area (Å²) in [7, 11) is 0. The maximum Gasteiger partial charge on any atom is 0.227 e. The molecule has 1 aromatic carbocycles. The average Bonchev–Trinajstić information content (AvgIpc) is 3.47. The Balaban J connectivity index is 1.46. The number of aromatic nitrogens is 3. The van der Waals surface area contributed by atoms with Crippen molar-refractivity contribution in [1.29, 1.82) is 0 Å². The van der Waals surface area contributed by atoms with Crippen LogP contribution in [-0.2, 0) is 9.53 Å². The second-order valence-corrected chi connectivity index (χ2v) is 7.89. The van der Waals surface area contributed by atoms with E-state index in [-0.39, 0.29) is 11.8 Å². The molecule has 0 unspecified atom stereocenters. The minimum Gasteiger partial charge on any atom is -0.378 e. The molecular formula is C22H26N6O2. The Morgan fingerprint density at radius 3 is 2.80 bits per heavy atom. The van der Waals surface area contributed by atoms with Crippen LogP contribution in [-0.4, -0.2) is 47.2 Å².